The number of nitriles is 1. The monoisotopic (exact) mass is 213 g/mol. The van der Waals surface area contributed by atoms with E-state index >= 15 is 0 Å². The van der Waals surface area contributed by atoms with Gasteiger partial charge in [-0.25, -0.2) is 4.98 Å². The third kappa shape index (κ3) is 1.80. The Kier molecular flexibility index (Phi) is 2.69. The molecule has 1 aliphatic rings. The van der Waals surface area contributed by atoms with E-state index in [1.165, 1.54) is 6.20 Å². The largest absolute Gasteiger partial charge is 0.296 e. The van der Waals surface area contributed by atoms with E-state index in [1.807, 2.05) is 6.07 Å². The number of carbonyl (C=O) groups is 1. The summed E-state index contributed by atoms with van der Waals surface area (Å²) in [6.45, 7) is 4.32. The minimum atomic E-state index is 0.0575. The standard InChI is InChI=1S/C12H11N3O/c1-2-9-5-12(16)15(8-9)11-4-3-10(6-13)7-14-11/h2-4,7,9H,1,5,8H2. The van der Waals surface area contributed by atoms with E-state index in [-0.39, 0.29) is 11.8 Å². The number of pyridine rings is 1. The van der Waals surface area contributed by atoms with E-state index in [1.54, 1.807) is 23.1 Å². The first-order valence-electron chi connectivity index (χ1n) is 5.03. The Bertz CT molecular complexity index is 458. The van der Waals surface area contributed by atoms with Gasteiger partial charge in [-0.3, -0.25) is 9.69 Å². The van der Waals surface area contributed by atoms with Crippen molar-refractivity contribution in [2.75, 3.05) is 11.4 Å². The van der Waals surface area contributed by atoms with Crippen molar-refractivity contribution in [2.24, 2.45) is 5.92 Å². The first-order chi connectivity index (χ1) is 7.74. The van der Waals surface area contributed by atoms with Crippen LogP contribution in [0.3, 0.4) is 0 Å². The molecule has 1 aliphatic heterocycles. The number of nitrogens with zero attached hydrogens (tertiary/aromatic N) is 3. The zero-order chi connectivity index (χ0) is 11.5. The molecule has 0 aromatic carbocycles. The minimum absolute atomic E-state index is 0.0575. The van der Waals surface area contributed by atoms with Crippen LogP contribution < -0.4 is 4.90 Å². The lowest BCUT2D eigenvalue weighted by molar-refractivity contribution is -0.117. The molecule has 1 atom stereocenters. The van der Waals surface area contributed by atoms with E-state index in [0.29, 0.717) is 24.3 Å². The maximum Gasteiger partial charge on any atom is 0.228 e. The Labute approximate surface area is 93.8 Å². The highest BCUT2D eigenvalue weighted by atomic mass is 16.2. The summed E-state index contributed by atoms with van der Waals surface area (Å²) in [5, 5.41) is 8.64. The fourth-order valence-electron chi connectivity index (χ4n) is 1.73. The second-order valence-electron chi connectivity index (χ2n) is 3.72. The number of amides is 1. The molecule has 1 fully saturated rings. The third-order valence-electron chi connectivity index (χ3n) is 2.64. The molecule has 4 nitrogen and oxygen atoms in total. The number of aromatic nitrogens is 1. The molecule has 0 N–H and O–H groups in total. The SMILES string of the molecule is C=CC1CC(=O)N(c2ccc(C#N)cn2)C1. The predicted octanol–water partition coefficient (Wildman–Crippen LogP) is 1.49. The van der Waals surface area contributed by atoms with Crippen molar-refractivity contribution in [2.45, 2.75) is 6.42 Å². The Morgan fingerprint density at radius 3 is 2.94 bits per heavy atom. The number of hydrogen-bond donors (Lipinski definition) is 0. The van der Waals surface area contributed by atoms with Crippen molar-refractivity contribution in [3.63, 3.8) is 0 Å². The molecule has 2 heterocycles. The van der Waals surface area contributed by atoms with Crippen molar-refractivity contribution < 1.29 is 4.79 Å². The van der Waals surface area contributed by atoms with Crippen LogP contribution in [-0.4, -0.2) is 17.4 Å². The molecule has 0 radical (unpaired) electrons. The van der Waals surface area contributed by atoms with Gasteiger partial charge < -0.3 is 0 Å². The van der Waals surface area contributed by atoms with E-state index < -0.39 is 0 Å². The van der Waals surface area contributed by atoms with Gasteiger partial charge in [-0.1, -0.05) is 6.08 Å². The molecule has 16 heavy (non-hydrogen) atoms. The molecule has 0 spiro atoms. The van der Waals surface area contributed by atoms with Gasteiger partial charge >= 0.3 is 0 Å². The summed E-state index contributed by atoms with van der Waals surface area (Å²) < 4.78 is 0. The molecule has 0 bridgehead atoms. The molecule has 1 aromatic heterocycles. The van der Waals surface area contributed by atoms with Crippen molar-refractivity contribution in [3.8, 4) is 6.07 Å². The van der Waals surface area contributed by atoms with E-state index in [4.69, 9.17) is 5.26 Å². The lowest BCUT2D eigenvalue weighted by atomic mass is 10.1. The fourth-order valence-corrected chi connectivity index (χ4v) is 1.73. The van der Waals surface area contributed by atoms with Gasteiger partial charge in [0.05, 0.1) is 5.56 Å². The summed E-state index contributed by atoms with van der Waals surface area (Å²) >= 11 is 0. The highest BCUT2D eigenvalue weighted by Crippen LogP contribution is 2.23. The van der Waals surface area contributed by atoms with Gasteiger partial charge in [-0.15, -0.1) is 6.58 Å². The normalized spacial score (nSPS) is 19.6. The zero-order valence-electron chi connectivity index (χ0n) is 8.76. The summed E-state index contributed by atoms with van der Waals surface area (Å²) in [6, 6.07) is 5.35. The van der Waals surface area contributed by atoms with Gasteiger partial charge in [-0.05, 0) is 12.1 Å². The summed E-state index contributed by atoms with van der Waals surface area (Å²) in [6.07, 6.45) is 3.76. The van der Waals surface area contributed by atoms with Gasteiger partial charge in [0.1, 0.15) is 11.9 Å². The molecule has 80 valence electrons. The first kappa shape index (κ1) is 10.4. The number of anilines is 1. The predicted molar refractivity (Wildman–Crippen MR) is 59.6 cm³/mol. The summed E-state index contributed by atoms with van der Waals surface area (Å²) in [7, 11) is 0. The lowest BCUT2D eigenvalue weighted by Gasteiger charge is -2.14. The average molecular weight is 213 g/mol. The van der Waals surface area contributed by atoms with Crippen LogP contribution in [0.4, 0.5) is 5.82 Å². The van der Waals surface area contributed by atoms with Crippen LogP contribution in [0.5, 0.6) is 0 Å². The number of hydrogen-bond acceptors (Lipinski definition) is 3. The van der Waals surface area contributed by atoms with Crippen molar-refractivity contribution in [1.82, 2.24) is 4.98 Å². The third-order valence-corrected chi connectivity index (χ3v) is 2.64. The molecule has 1 aromatic rings. The maximum absolute atomic E-state index is 11.7. The van der Waals surface area contributed by atoms with Crippen LogP contribution >= 0.6 is 0 Å². The fraction of sp³-hybridized carbons (Fsp3) is 0.250. The highest BCUT2D eigenvalue weighted by molar-refractivity contribution is 5.95. The quantitative estimate of drug-likeness (QED) is 0.699. The van der Waals surface area contributed by atoms with E-state index in [2.05, 4.69) is 11.6 Å². The van der Waals surface area contributed by atoms with Crippen LogP contribution in [0.1, 0.15) is 12.0 Å². The Morgan fingerprint density at radius 2 is 2.44 bits per heavy atom. The molecule has 2 rings (SSSR count). The van der Waals surface area contributed by atoms with Crippen molar-refractivity contribution in [1.29, 1.82) is 5.26 Å². The summed E-state index contributed by atoms with van der Waals surface area (Å²) in [5.41, 5.74) is 0.496. The van der Waals surface area contributed by atoms with Crippen molar-refractivity contribution in [3.05, 3.63) is 36.5 Å². The van der Waals surface area contributed by atoms with Crippen LogP contribution in [-0.2, 0) is 4.79 Å². The van der Waals surface area contributed by atoms with Gasteiger partial charge in [-0.2, -0.15) is 5.26 Å². The smallest absolute Gasteiger partial charge is 0.228 e. The summed E-state index contributed by atoms with van der Waals surface area (Å²) in [5.74, 6) is 0.861. The Morgan fingerprint density at radius 1 is 1.62 bits per heavy atom. The zero-order valence-corrected chi connectivity index (χ0v) is 8.76. The van der Waals surface area contributed by atoms with Crippen LogP contribution in [0, 0.1) is 17.2 Å². The molecule has 1 unspecified atom stereocenters. The number of rotatable bonds is 2. The molecular formula is C12H11N3O. The molecule has 4 heteroatoms. The van der Waals surface area contributed by atoms with Gasteiger partial charge in [0.25, 0.3) is 0 Å². The maximum atomic E-state index is 11.7. The minimum Gasteiger partial charge on any atom is -0.296 e. The number of carbonyl (C=O) groups excluding carboxylic acids is 1. The molecule has 1 saturated heterocycles. The Hall–Kier alpha value is -2.15. The molecule has 0 aliphatic carbocycles. The molecule has 1 amide bonds. The second kappa shape index (κ2) is 4.15. The van der Waals surface area contributed by atoms with E-state index in [9.17, 15) is 4.79 Å². The summed E-state index contributed by atoms with van der Waals surface area (Å²) in [4.78, 5) is 17.4. The molecular weight excluding hydrogens is 202 g/mol. The average Bonchev–Trinajstić information content (AvgIpc) is 2.71. The molecule has 0 saturated carbocycles. The van der Waals surface area contributed by atoms with Crippen molar-refractivity contribution >= 4 is 11.7 Å². The van der Waals surface area contributed by atoms with Gasteiger partial charge in [0.2, 0.25) is 5.91 Å². The Balaban J connectivity index is 2.22. The first-order valence-corrected chi connectivity index (χ1v) is 5.03. The highest BCUT2D eigenvalue weighted by Gasteiger charge is 2.29. The lowest BCUT2D eigenvalue weighted by Crippen LogP contribution is -2.25. The van der Waals surface area contributed by atoms with Gasteiger partial charge in [0.15, 0.2) is 0 Å². The van der Waals surface area contributed by atoms with E-state index in [0.717, 1.165) is 0 Å². The topological polar surface area (TPSA) is 57.0 Å². The van der Waals surface area contributed by atoms with Crippen LogP contribution in [0.25, 0.3) is 0 Å². The van der Waals surface area contributed by atoms with Crippen LogP contribution in [0.2, 0.25) is 0 Å². The van der Waals surface area contributed by atoms with Crippen LogP contribution in [0.15, 0.2) is 31.0 Å². The van der Waals surface area contributed by atoms with Gasteiger partial charge in [0, 0.05) is 25.1 Å². The second-order valence-corrected chi connectivity index (χ2v) is 3.72.